The lowest BCUT2D eigenvalue weighted by molar-refractivity contribution is 0.0171. The van der Waals surface area contributed by atoms with Crippen molar-refractivity contribution < 1.29 is 13.6 Å². The molecule has 0 saturated carbocycles. The summed E-state index contributed by atoms with van der Waals surface area (Å²) in [4.78, 5) is 10.8. The molecule has 0 N–H and O–H groups in total. The first-order chi connectivity index (χ1) is 10.5. The summed E-state index contributed by atoms with van der Waals surface area (Å²) < 4.78 is 25.4. The van der Waals surface area contributed by atoms with Crippen molar-refractivity contribution in [1.29, 1.82) is 0 Å². The molecule has 23 heavy (non-hydrogen) atoms. The lowest BCUT2D eigenvalue weighted by Crippen LogP contribution is -2.09. The van der Waals surface area contributed by atoms with Gasteiger partial charge in [0.25, 0.3) is 5.92 Å². The van der Waals surface area contributed by atoms with Gasteiger partial charge in [-0.05, 0) is 19.1 Å². The lowest BCUT2D eigenvalue weighted by Gasteiger charge is -2.10. The van der Waals surface area contributed by atoms with Crippen LogP contribution in [0.1, 0.15) is 29.8 Å². The fourth-order valence-electron chi connectivity index (χ4n) is 1.26. The van der Waals surface area contributed by atoms with E-state index in [1.165, 1.54) is 13.0 Å². The second-order valence-electron chi connectivity index (χ2n) is 4.19. The highest BCUT2D eigenvalue weighted by molar-refractivity contribution is 6.34. The molecule has 0 fully saturated rings. The van der Waals surface area contributed by atoms with E-state index in [1.54, 1.807) is 0 Å². The molecule has 5 nitrogen and oxygen atoms in total. The number of hydrogen-bond donors (Lipinski definition) is 0. The van der Waals surface area contributed by atoms with Crippen LogP contribution in [0, 0.1) is 0 Å². The Morgan fingerprint density at radius 3 is 1.83 bits per heavy atom. The SMILES string of the molecule is CC(=O)c1cc(Cl)nnc1Cl.CC(F)(F)c1cc(Cl)nnc1Cl. The summed E-state index contributed by atoms with van der Waals surface area (Å²) in [5.41, 5.74) is -0.115. The first kappa shape index (κ1) is 19.9. The summed E-state index contributed by atoms with van der Waals surface area (Å²) in [7, 11) is 0. The maximum atomic E-state index is 12.7. The van der Waals surface area contributed by atoms with Crippen molar-refractivity contribution in [3.05, 3.63) is 43.9 Å². The minimum atomic E-state index is -3.04. The molecule has 0 aliphatic heterocycles. The third kappa shape index (κ3) is 6.10. The smallest absolute Gasteiger partial charge is 0.273 e. The van der Waals surface area contributed by atoms with Crippen LogP contribution >= 0.6 is 46.4 Å². The van der Waals surface area contributed by atoms with Gasteiger partial charge in [-0.1, -0.05) is 46.4 Å². The molecule has 2 heterocycles. The van der Waals surface area contributed by atoms with Gasteiger partial charge in [-0.3, -0.25) is 4.79 Å². The zero-order valence-corrected chi connectivity index (χ0v) is 14.6. The quantitative estimate of drug-likeness (QED) is 0.668. The van der Waals surface area contributed by atoms with Gasteiger partial charge in [0.2, 0.25) is 0 Å². The third-order valence-corrected chi connectivity index (χ3v) is 3.22. The van der Waals surface area contributed by atoms with E-state index in [0.29, 0.717) is 12.5 Å². The zero-order valence-electron chi connectivity index (χ0n) is 11.6. The molecule has 0 amide bonds. The molecular formula is C12H8Cl4F2N4O. The molecule has 2 aromatic heterocycles. The van der Waals surface area contributed by atoms with Gasteiger partial charge in [-0.25, -0.2) is 8.78 Å². The largest absolute Gasteiger partial charge is 0.294 e. The molecule has 124 valence electrons. The summed E-state index contributed by atoms with van der Waals surface area (Å²) in [6.45, 7) is 2.10. The van der Waals surface area contributed by atoms with Crippen LogP contribution in [-0.4, -0.2) is 26.2 Å². The van der Waals surface area contributed by atoms with Crippen LogP contribution in [0.3, 0.4) is 0 Å². The molecule has 0 spiro atoms. The van der Waals surface area contributed by atoms with Crippen molar-refractivity contribution in [1.82, 2.24) is 20.4 Å². The van der Waals surface area contributed by atoms with E-state index in [2.05, 4.69) is 20.4 Å². The minimum absolute atomic E-state index is 0.0851. The fraction of sp³-hybridized carbons (Fsp3) is 0.250. The Kier molecular flexibility index (Phi) is 7.01. The second-order valence-corrected chi connectivity index (χ2v) is 5.68. The van der Waals surface area contributed by atoms with Crippen LogP contribution in [0.25, 0.3) is 0 Å². The molecular weight excluding hydrogens is 396 g/mol. The number of rotatable bonds is 2. The van der Waals surface area contributed by atoms with E-state index in [1.807, 2.05) is 0 Å². The van der Waals surface area contributed by atoms with Crippen molar-refractivity contribution in [2.45, 2.75) is 19.8 Å². The van der Waals surface area contributed by atoms with Gasteiger partial charge in [-0.15, -0.1) is 20.4 Å². The van der Waals surface area contributed by atoms with Gasteiger partial charge in [0.1, 0.15) is 0 Å². The number of carbonyl (C=O) groups is 1. The lowest BCUT2D eigenvalue weighted by atomic mass is 10.2. The van der Waals surface area contributed by atoms with Gasteiger partial charge in [-0.2, -0.15) is 0 Å². The predicted molar refractivity (Wildman–Crippen MR) is 83.7 cm³/mol. The predicted octanol–water partition coefficient (Wildman–Crippen LogP) is 4.88. The van der Waals surface area contributed by atoms with E-state index < -0.39 is 11.5 Å². The van der Waals surface area contributed by atoms with Crippen LogP contribution in [0.5, 0.6) is 0 Å². The highest BCUT2D eigenvalue weighted by Crippen LogP contribution is 2.32. The van der Waals surface area contributed by atoms with E-state index in [0.717, 1.165) is 6.07 Å². The summed E-state index contributed by atoms with van der Waals surface area (Å²) >= 11 is 21.7. The Balaban J connectivity index is 0.000000231. The molecule has 0 bridgehead atoms. The molecule has 0 saturated heterocycles. The number of alkyl halides is 2. The first-order valence-electron chi connectivity index (χ1n) is 5.79. The Labute approximate surface area is 149 Å². The van der Waals surface area contributed by atoms with Gasteiger partial charge in [0, 0.05) is 6.92 Å². The molecule has 11 heteroatoms. The maximum Gasteiger partial charge on any atom is 0.273 e. The molecule has 0 aliphatic carbocycles. The van der Waals surface area contributed by atoms with Crippen molar-refractivity contribution in [2.24, 2.45) is 0 Å². The number of hydrogen-bond acceptors (Lipinski definition) is 5. The van der Waals surface area contributed by atoms with E-state index in [4.69, 9.17) is 46.4 Å². The Morgan fingerprint density at radius 1 is 0.957 bits per heavy atom. The topological polar surface area (TPSA) is 68.6 Å². The zero-order chi connectivity index (χ0) is 17.8. The average Bonchev–Trinajstić information content (AvgIpc) is 2.43. The number of Topliss-reactive ketones (excluding diaryl/α,β-unsaturated/α-hetero) is 1. The van der Waals surface area contributed by atoms with Crippen LogP contribution in [0.15, 0.2) is 12.1 Å². The maximum absolute atomic E-state index is 12.7. The van der Waals surface area contributed by atoms with E-state index >= 15 is 0 Å². The molecule has 0 aromatic carbocycles. The summed E-state index contributed by atoms with van der Waals surface area (Å²) in [6.07, 6.45) is 0. The summed E-state index contributed by atoms with van der Waals surface area (Å²) in [5, 5.41) is 13.3. The van der Waals surface area contributed by atoms with Crippen molar-refractivity contribution >= 4 is 52.2 Å². The van der Waals surface area contributed by atoms with Gasteiger partial charge in [0.15, 0.2) is 26.4 Å². The van der Waals surface area contributed by atoms with Gasteiger partial charge < -0.3 is 0 Å². The van der Waals surface area contributed by atoms with E-state index in [9.17, 15) is 13.6 Å². The Hall–Kier alpha value is -1.15. The first-order valence-corrected chi connectivity index (χ1v) is 7.30. The number of halogens is 6. The van der Waals surface area contributed by atoms with Crippen molar-refractivity contribution in [2.75, 3.05) is 0 Å². The molecule has 2 aromatic rings. The van der Waals surface area contributed by atoms with Crippen LogP contribution in [0.4, 0.5) is 8.78 Å². The second kappa shape index (κ2) is 8.10. The molecule has 0 atom stereocenters. The van der Waals surface area contributed by atoms with Gasteiger partial charge >= 0.3 is 0 Å². The number of ketones is 1. The normalized spacial score (nSPS) is 10.8. The highest BCUT2D eigenvalue weighted by atomic mass is 35.5. The summed E-state index contributed by atoms with van der Waals surface area (Å²) in [6, 6.07) is 2.39. The van der Waals surface area contributed by atoms with Crippen LogP contribution in [0.2, 0.25) is 20.6 Å². The van der Waals surface area contributed by atoms with Crippen LogP contribution in [-0.2, 0) is 5.92 Å². The third-order valence-electron chi connectivity index (χ3n) is 2.29. The van der Waals surface area contributed by atoms with Crippen LogP contribution < -0.4 is 0 Å². The summed E-state index contributed by atoms with van der Waals surface area (Å²) in [5.74, 6) is -3.22. The average molecular weight is 404 g/mol. The van der Waals surface area contributed by atoms with Gasteiger partial charge in [0.05, 0.1) is 11.1 Å². The highest BCUT2D eigenvalue weighted by Gasteiger charge is 2.28. The fourth-order valence-corrected chi connectivity index (χ4v) is 2.04. The van der Waals surface area contributed by atoms with Crippen molar-refractivity contribution in [3.63, 3.8) is 0 Å². The minimum Gasteiger partial charge on any atom is -0.294 e. The molecule has 0 aliphatic rings. The Morgan fingerprint density at radius 2 is 1.43 bits per heavy atom. The number of aromatic nitrogens is 4. The number of nitrogens with zero attached hydrogens (tertiary/aromatic N) is 4. The Bertz CT molecular complexity index is 725. The molecule has 0 unspecified atom stereocenters. The van der Waals surface area contributed by atoms with Crippen molar-refractivity contribution in [3.8, 4) is 0 Å². The molecule has 0 radical (unpaired) electrons. The van der Waals surface area contributed by atoms with E-state index in [-0.39, 0.29) is 26.4 Å². The molecule has 2 rings (SSSR count). The number of carbonyl (C=O) groups excluding carboxylic acids is 1. The monoisotopic (exact) mass is 402 g/mol. The standard InChI is InChI=1S/C6H4Cl2F2N2.C6H4Cl2N2O/c1-6(9,10)3-2-4(7)11-12-5(3)8;1-3(11)4-2-5(7)9-10-6(4)8/h2H,1H3;2H,1H3.